The van der Waals surface area contributed by atoms with Crippen molar-refractivity contribution in [3.63, 3.8) is 0 Å². The minimum absolute atomic E-state index is 0.0605. The van der Waals surface area contributed by atoms with Crippen LogP contribution >= 0.6 is 11.3 Å². The van der Waals surface area contributed by atoms with E-state index in [4.69, 9.17) is 4.74 Å². The third-order valence-electron chi connectivity index (χ3n) is 6.04. The molecule has 0 aliphatic carbocycles. The fourth-order valence-corrected chi connectivity index (χ4v) is 4.96. The van der Waals surface area contributed by atoms with E-state index >= 15 is 0 Å². The molecule has 0 N–H and O–H groups in total. The van der Waals surface area contributed by atoms with Gasteiger partial charge in [0.05, 0.1) is 13.7 Å². The van der Waals surface area contributed by atoms with Crippen LogP contribution in [0.1, 0.15) is 30.6 Å². The van der Waals surface area contributed by atoms with Crippen molar-refractivity contribution < 1.29 is 14.3 Å². The van der Waals surface area contributed by atoms with Gasteiger partial charge in [-0.3, -0.25) is 4.79 Å². The zero-order chi connectivity index (χ0) is 20.9. The maximum Gasteiger partial charge on any atom is 0.319 e. The highest BCUT2D eigenvalue weighted by atomic mass is 32.1. The van der Waals surface area contributed by atoms with Gasteiger partial charge in [-0.15, -0.1) is 11.3 Å². The number of carbonyl (C=O) groups is 2. The summed E-state index contributed by atoms with van der Waals surface area (Å²) in [5.74, 6) is 0.854. The summed E-state index contributed by atoms with van der Waals surface area (Å²) < 4.78 is 5.27. The number of urea groups is 1. The maximum atomic E-state index is 13.5. The highest BCUT2D eigenvalue weighted by Crippen LogP contribution is 2.28. The standard InChI is InChI=1S/C23H29N3O3S/c1-29-20-8-6-19(7-9-20)26(17-21-5-4-16-30-21)22(27)18-10-14-25(15-11-18)23(28)24-12-2-3-13-24/h4-9,16,18H,2-3,10-15,17H2,1H3. The lowest BCUT2D eigenvalue weighted by molar-refractivity contribution is -0.123. The minimum atomic E-state index is -0.0605. The number of likely N-dealkylation sites (tertiary alicyclic amines) is 2. The van der Waals surface area contributed by atoms with Crippen molar-refractivity contribution in [3.8, 4) is 5.75 Å². The van der Waals surface area contributed by atoms with E-state index in [0.29, 0.717) is 19.6 Å². The van der Waals surface area contributed by atoms with Gasteiger partial charge in [0.25, 0.3) is 0 Å². The zero-order valence-electron chi connectivity index (χ0n) is 17.5. The normalized spacial score (nSPS) is 17.2. The Balaban J connectivity index is 1.44. The lowest BCUT2D eigenvalue weighted by Crippen LogP contribution is -2.48. The van der Waals surface area contributed by atoms with Crippen LogP contribution in [-0.2, 0) is 11.3 Å². The van der Waals surface area contributed by atoms with E-state index in [1.54, 1.807) is 18.4 Å². The SMILES string of the molecule is COc1ccc(N(Cc2cccs2)C(=O)C2CCN(C(=O)N3CCCC3)CC2)cc1. The van der Waals surface area contributed by atoms with Crippen LogP contribution in [0.5, 0.6) is 5.75 Å². The Morgan fingerprint density at radius 2 is 1.70 bits per heavy atom. The van der Waals surface area contributed by atoms with Crippen molar-refractivity contribution in [2.45, 2.75) is 32.2 Å². The van der Waals surface area contributed by atoms with Crippen LogP contribution < -0.4 is 9.64 Å². The molecule has 3 heterocycles. The van der Waals surface area contributed by atoms with Gasteiger partial charge in [-0.05, 0) is 61.4 Å². The molecule has 2 aromatic rings. The summed E-state index contributed by atoms with van der Waals surface area (Å²) in [6.45, 7) is 3.60. The van der Waals surface area contributed by atoms with Gasteiger partial charge in [0.2, 0.25) is 5.91 Å². The number of methoxy groups -OCH3 is 1. The second kappa shape index (κ2) is 9.51. The predicted octanol–water partition coefficient (Wildman–Crippen LogP) is 4.22. The molecular weight excluding hydrogens is 398 g/mol. The Bertz CT molecular complexity index is 839. The molecule has 0 radical (unpaired) electrons. The predicted molar refractivity (Wildman–Crippen MR) is 119 cm³/mol. The topological polar surface area (TPSA) is 53.1 Å². The summed E-state index contributed by atoms with van der Waals surface area (Å²) in [6, 6.07) is 11.9. The lowest BCUT2D eigenvalue weighted by atomic mass is 9.95. The number of nitrogens with zero attached hydrogens (tertiary/aromatic N) is 3. The van der Waals surface area contributed by atoms with Crippen molar-refractivity contribution in [3.05, 3.63) is 46.7 Å². The number of hydrogen-bond donors (Lipinski definition) is 0. The van der Waals surface area contributed by atoms with Gasteiger partial charge in [-0.25, -0.2) is 4.79 Å². The van der Waals surface area contributed by atoms with Gasteiger partial charge in [-0.2, -0.15) is 0 Å². The van der Waals surface area contributed by atoms with Crippen molar-refractivity contribution >= 4 is 29.0 Å². The van der Waals surface area contributed by atoms with Crippen molar-refractivity contribution in [2.24, 2.45) is 5.92 Å². The average Bonchev–Trinajstić information content (AvgIpc) is 3.51. The van der Waals surface area contributed by atoms with Crippen LogP contribution in [0.15, 0.2) is 41.8 Å². The van der Waals surface area contributed by atoms with Crippen LogP contribution in [0.4, 0.5) is 10.5 Å². The number of rotatable bonds is 5. The van der Waals surface area contributed by atoms with Crippen LogP contribution in [0.25, 0.3) is 0 Å². The molecule has 0 atom stereocenters. The highest BCUT2D eigenvalue weighted by Gasteiger charge is 2.33. The maximum absolute atomic E-state index is 13.5. The Morgan fingerprint density at radius 3 is 2.30 bits per heavy atom. The van der Waals surface area contributed by atoms with E-state index in [1.165, 1.54) is 0 Å². The monoisotopic (exact) mass is 427 g/mol. The first-order valence-electron chi connectivity index (χ1n) is 10.7. The van der Waals surface area contributed by atoms with Gasteiger partial charge >= 0.3 is 6.03 Å². The fourth-order valence-electron chi connectivity index (χ4n) is 4.26. The molecule has 0 spiro atoms. The first-order chi connectivity index (χ1) is 14.7. The van der Waals surface area contributed by atoms with Gasteiger partial charge in [0.15, 0.2) is 0 Å². The smallest absolute Gasteiger partial charge is 0.319 e. The van der Waals surface area contributed by atoms with Crippen LogP contribution in [0.3, 0.4) is 0 Å². The molecule has 2 aliphatic rings. The molecule has 0 saturated carbocycles. The molecule has 4 rings (SSSR count). The number of anilines is 1. The largest absolute Gasteiger partial charge is 0.497 e. The lowest BCUT2D eigenvalue weighted by Gasteiger charge is -2.36. The molecule has 3 amide bonds. The van der Waals surface area contributed by atoms with Crippen LogP contribution in [0.2, 0.25) is 0 Å². The van der Waals surface area contributed by atoms with E-state index in [1.807, 2.05) is 50.4 Å². The Kier molecular flexibility index (Phi) is 6.57. The van der Waals surface area contributed by atoms with Crippen LogP contribution in [0, 0.1) is 5.92 Å². The molecule has 0 unspecified atom stereocenters. The molecule has 6 nitrogen and oxygen atoms in total. The number of thiophene rings is 1. The Morgan fingerprint density at radius 1 is 1.03 bits per heavy atom. The number of benzene rings is 1. The molecule has 2 aliphatic heterocycles. The molecule has 30 heavy (non-hydrogen) atoms. The molecule has 7 heteroatoms. The van der Waals surface area contributed by atoms with E-state index in [0.717, 1.165) is 55.1 Å². The fraction of sp³-hybridized carbons (Fsp3) is 0.478. The molecule has 160 valence electrons. The number of piperidine rings is 1. The summed E-state index contributed by atoms with van der Waals surface area (Å²) in [4.78, 5) is 33.1. The number of hydrogen-bond acceptors (Lipinski definition) is 4. The Hall–Kier alpha value is -2.54. The van der Waals surface area contributed by atoms with Crippen LogP contribution in [-0.4, -0.2) is 55.0 Å². The number of amides is 3. The zero-order valence-corrected chi connectivity index (χ0v) is 18.3. The summed E-state index contributed by atoms with van der Waals surface area (Å²) in [5, 5.41) is 2.04. The van der Waals surface area contributed by atoms with Crippen molar-refractivity contribution in [1.29, 1.82) is 0 Å². The third kappa shape index (κ3) is 4.61. The summed E-state index contributed by atoms with van der Waals surface area (Å²) >= 11 is 1.66. The second-order valence-electron chi connectivity index (χ2n) is 7.94. The van der Waals surface area contributed by atoms with Gasteiger partial charge in [0, 0.05) is 42.7 Å². The van der Waals surface area contributed by atoms with E-state index < -0.39 is 0 Å². The molecule has 0 bridgehead atoms. The number of ether oxygens (including phenoxy) is 1. The first kappa shape index (κ1) is 20.7. The van der Waals surface area contributed by atoms with Gasteiger partial charge in [0.1, 0.15) is 5.75 Å². The minimum Gasteiger partial charge on any atom is -0.497 e. The summed E-state index contributed by atoms with van der Waals surface area (Å²) in [6.07, 6.45) is 3.63. The van der Waals surface area contributed by atoms with Gasteiger partial charge < -0.3 is 19.4 Å². The molecule has 1 aromatic heterocycles. The average molecular weight is 428 g/mol. The van der Waals surface area contributed by atoms with Crippen molar-refractivity contribution in [2.75, 3.05) is 38.2 Å². The second-order valence-corrected chi connectivity index (χ2v) is 8.97. The number of carbonyl (C=O) groups excluding carboxylic acids is 2. The molecule has 1 aromatic carbocycles. The van der Waals surface area contributed by atoms with E-state index in [2.05, 4.69) is 6.07 Å². The highest BCUT2D eigenvalue weighted by molar-refractivity contribution is 7.09. The molecular formula is C23H29N3O3S. The molecule has 2 saturated heterocycles. The Labute approximate surface area is 182 Å². The van der Waals surface area contributed by atoms with Crippen molar-refractivity contribution in [1.82, 2.24) is 9.80 Å². The van der Waals surface area contributed by atoms with E-state index in [9.17, 15) is 9.59 Å². The summed E-state index contributed by atoms with van der Waals surface area (Å²) in [7, 11) is 1.64. The third-order valence-corrected chi connectivity index (χ3v) is 6.90. The quantitative estimate of drug-likeness (QED) is 0.718. The summed E-state index contributed by atoms with van der Waals surface area (Å²) in [5.41, 5.74) is 0.879. The van der Waals surface area contributed by atoms with E-state index in [-0.39, 0.29) is 17.9 Å². The first-order valence-corrected chi connectivity index (χ1v) is 11.6. The molecule has 2 fully saturated rings. The van der Waals surface area contributed by atoms with Gasteiger partial charge in [-0.1, -0.05) is 6.07 Å².